The van der Waals surface area contributed by atoms with Crippen LogP contribution in [0.4, 0.5) is 17.1 Å². The Balaban J connectivity index is 0.889. The molecule has 14 rings (SSSR count). The Morgan fingerprint density at radius 3 is 1.93 bits per heavy atom. The molecule has 0 fully saturated rings. The first kappa shape index (κ1) is 38.6. The van der Waals surface area contributed by atoms with Crippen LogP contribution >= 0.6 is 11.7 Å². The number of fused-ring (bicyclic) bond motifs is 11. The van der Waals surface area contributed by atoms with Crippen LogP contribution in [-0.2, 0) is 6.42 Å². The van der Waals surface area contributed by atoms with Gasteiger partial charge in [0.25, 0.3) is 0 Å². The molecule has 0 atom stereocenters. The number of hydrogen-bond donors (Lipinski definition) is 0. The van der Waals surface area contributed by atoms with Crippen molar-refractivity contribution in [3.05, 3.63) is 242 Å². The lowest BCUT2D eigenvalue weighted by Crippen LogP contribution is -2.11. The smallest absolute Gasteiger partial charge is 0.129 e. The summed E-state index contributed by atoms with van der Waals surface area (Å²) in [7, 11) is 0. The van der Waals surface area contributed by atoms with Gasteiger partial charge in [0.2, 0.25) is 0 Å². The fraction of sp³-hybridized carbons (Fsp3) is 0.0159. The third-order valence-corrected chi connectivity index (χ3v) is 14.6. The van der Waals surface area contributed by atoms with Crippen LogP contribution < -0.4 is 4.90 Å². The zero-order valence-corrected chi connectivity index (χ0v) is 37.7. The largest absolute Gasteiger partial charge is 0.309 e. The van der Waals surface area contributed by atoms with E-state index in [4.69, 9.17) is 8.75 Å². The van der Waals surface area contributed by atoms with Gasteiger partial charge in [-0.2, -0.15) is 8.75 Å². The summed E-state index contributed by atoms with van der Waals surface area (Å²) in [6, 6.07) is 84.1. The molecule has 2 heterocycles. The quantitative estimate of drug-likeness (QED) is 0.160. The topological polar surface area (TPSA) is 34.0 Å². The maximum absolute atomic E-state index is 5.05. The van der Waals surface area contributed by atoms with Gasteiger partial charge >= 0.3 is 0 Å². The lowest BCUT2D eigenvalue weighted by Gasteiger charge is -2.27. The molecular weight excluding hydrogens is 845 g/mol. The third-order valence-electron chi connectivity index (χ3n) is 14.1. The van der Waals surface area contributed by atoms with Gasteiger partial charge in [-0.05, 0) is 133 Å². The minimum absolute atomic E-state index is 0.865. The van der Waals surface area contributed by atoms with Crippen molar-refractivity contribution in [3.8, 4) is 50.2 Å². The van der Waals surface area contributed by atoms with E-state index in [0.29, 0.717) is 0 Å². The second-order valence-electron chi connectivity index (χ2n) is 17.8. The van der Waals surface area contributed by atoms with Crippen molar-refractivity contribution < 1.29 is 0 Å². The lowest BCUT2D eigenvalue weighted by atomic mass is 9.98. The van der Waals surface area contributed by atoms with Gasteiger partial charge < -0.3 is 9.47 Å². The zero-order chi connectivity index (χ0) is 44.7. The lowest BCUT2D eigenvalue weighted by molar-refractivity contribution is 1.19. The standard InChI is InChI=1S/C63H40N4S/c1-2-11-40(12-3-1)41-23-29-49(30-24-41)66(51-17-10-16-45(38-51)46-21-22-48-37-47-15-6-7-18-52(47)57(48)39-46)59-36-34-54(61-62(59)65-68-64-61)44-25-31-50(32-26-44)67-58-35-28-42-13-4-8-19-53(42)60(58)56-33-27-43-14-5-9-20-55(43)63(56)67/h1-36,38-39H,37H2. The molecule has 0 unspecified atom stereocenters. The van der Waals surface area contributed by atoms with Gasteiger partial charge in [0.1, 0.15) is 11.0 Å². The van der Waals surface area contributed by atoms with E-state index in [0.717, 1.165) is 56.9 Å². The van der Waals surface area contributed by atoms with Crippen LogP contribution in [0.3, 0.4) is 0 Å². The van der Waals surface area contributed by atoms with Gasteiger partial charge in [0, 0.05) is 38.8 Å². The number of hydrogen-bond acceptors (Lipinski definition) is 4. The molecule has 0 spiro atoms. The third kappa shape index (κ3) is 6.13. The van der Waals surface area contributed by atoms with E-state index in [2.05, 4.69) is 240 Å². The van der Waals surface area contributed by atoms with E-state index in [1.54, 1.807) is 0 Å². The summed E-state index contributed by atoms with van der Waals surface area (Å²) in [4.78, 5) is 2.34. The van der Waals surface area contributed by atoms with Crippen molar-refractivity contribution in [2.45, 2.75) is 6.42 Å². The second-order valence-corrected chi connectivity index (χ2v) is 18.4. The van der Waals surface area contributed by atoms with Crippen molar-refractivity contribution >= 4 is 83.2 Å². The number of benzene rings is 11. The van der Waals surface area contributed by atoms with E-state index in [9.17, 15) is 0 Å². The Kier molecular flexibility index (Phi) is 8.79. The first-order chi connectivity index (χ1) is 33.7. The van der Waals surface area contributed by atoms with E-state index >= 15 is 0 Å². The minimum atomic E-state index is 0.865. The first-order valence-electron chi connectivity index (χ1n) is 23.2. The molecule has 0 radical (unpaired) electrons. The van der Waals surface area contributed by atoms with Crippen LogP contribution in [0, 0.1) is 0 Å². The summed E-state index contributed by atoms with van der Waals surface area (Å²) >= 11 is 1.26. The van der Waals surface area contributed by atoms with Crippen LogP contribution in [0.2, 0.25) is 0 Å². The SMILES string of the molecule is c1ccc(-c2ccc(N(c3cccc(-c4ccc5c(c4)-c4ccccc4C5)c3)c3ccc(-c4ccc(-n5c6ccc7ccccc7c6c6ccc7ccccc7c65)cc4)c4nsnc34)cc2)cc1. The molecule has 0 saturated heterocycles. The van der Waals surface area contributed by atoms with Crippen molar-refractivity contribution in [1.29, 1.82) is 0 Å². The fourth-order valence-electron chi connectivity index (χ4n) is 10.9. The Morgan fingerprint density at radius 2 is 1.06 bits per heavy atom. The van der Waals surface area contributed by atoms with Crippen LogP contribution in [0.15, 0.2) is 231 Å². The van der Waals surface area contributed by atoms with Gasteiger partial charge in [0.15, 0.2) is 0 Å². The van der Waals surface area contributed by atoms with E-state index in [1.807, 2.05) is 0 Å². The molecule has 2 aromatic heterocycles. The molecule has 0 aliphatic heterocycles. The summed E-state index contributed by atoms with van der Waals surface area (Å²) in [5, 5.41) is 7.51. The van der Waals surface area contributed by atoms with Gasteiger partial charge in [0.05, 0.1) is 28.4 Å². The second kappa shape index (κ2) is 15.5. The van der Waals surface area contributed by atoms with Gasteiger partial charge in [-0.15, -0.1) is 0 Å². The van der Waals surface area contributed by atoms with Crippen molar-refractivity contribution in [3.63, 3.8) is 0 Å². The summed E-state index contributed by atoms with van der Waals surface area (Å²) < 4.78 is 12.5. The fourth-order valence-corrected chi connectivity index (χ4v) is 11.4. The molecule has 5 heteroatoms. The highest BCUT2D eigenvalue weighted by Crippen LogP contribution is 2.45. The van der Waals surface area contributed by atoms with Gasteiger partial charge in [-0.1, -0.05) is 170 Å². The van der Waals surface area contributed by atoms with E-state index in [-0.39, 0.29) is 0 Å². The number of nitrogens with zero attached hydrogens (tertiary/aromatic N) is 4. The Labute approximate surface area is 397 Å². The van der Waals surface area contributed by atoms with Crippen LogP contribution in [0.25, 0.3) is 105 Å². The highest BCUT2D eigenvalue weighted by molar-refractivity contribution is 7.00. The Morgan fingerprint density at radius 1 is 0.397 bits per heavy atom. The highest BCUT2D eigenvalue weighted by atomic mass is 32.1. The molecule has 0 bridgehead atoms. The summed E-state index contributed by atoms with van der Waals surface area (Å²) in [6.45, 7) is 0. The Hall–Kier alpha value is -8.64. The van der Waals surface area contributed by atoms with Crippen molar-refractivity contribution in [1.82, 2.24) is 13.3 Å². The summed E-state index contributed by atoms with van der Waals surface area (Å²) in [5.74, 6) is 0. The van der Waals surface area contributed by atoms with Gasteiger partial charge in [-0.25, -0.2) is 0 Å². The molecule has 4 nitrogen and oxygen atoms in total. The van der Waals surface area contributed by atoms with E-state index < -0.39 is 0 Å². The number of anilines is 3. The molecule has 318 valence electrons. The maximum Gasteiger partial charge on any atom is 0.129 e. The summed E-state index contributed by atoms with van der Waals surface area (Å²) in [5.41, 5.74) is 20.6. The molecule has 1 aliphatic rings. The summed E-state index contributed by atoms with van der Waals surface area (Å²) in [6.07, 6.45) is 0.979. The molecule has 0 saturated carbocycles. The molecule has 13 aromatic rings. The Bertz CT molecular complexity index is 4110. The van der Waals surface area contributed by atoms with Crippen LogP contribution in [0.5, 0.6) is 0 Å². The monoisotopic (exact) mass is 884 g/mol. The molecular formula is C63H40N4S. The molecule has 1 aliphatic carbocycles. The normalized spacial score (nSPS) is 12.1. The molecule has 11 aromatic carbocycles. The number of rotatable bonds is 7. The van der Waals surface area contributed by atoms with Crippen LogP contribution in [0.1, 0.15) is 11.1 Å². The van der Waals surface area contributed by atoms with E-state index in [1.165, 1.54) is 94.0 Å². The van der Waals surface area contributed by atoms with Crippen molar-refractivity contribution in [2.75, 3.05) is 4.90 Å². The van der Waals surface area contributed by atoms with Gasteiger partial charge in [-0.3, -0.25) is 0 Å². The highest BCUT2D eigenvalue weighted by Gasteiger charge is 2.23. The number of aromatic nitrogens is 3. The predicted molar refractivity (Wildman–Crippen MR) is 286 cm³/mol. The molecule has 68 heavy (non-hydrogen) atoms. The van der Waals surface area contributed by atoms with Crippen LogP contribution in [-0.4, -0.2) is 13.3 Å². The average molecular weight is 885 g/mol. The first-order valence-corrected chi connectivity index (χ1v) is 23.9. The average Bonchev–Trinajstić information content (AvgIpc) is 4.15. The van der Waals surface area contributed by atoms with Crippen molar-refractivity contribution in [2.24, 2.45) is 0 Å². The molecule has 0 N–H and O–H groups in total. The molecule has 0 amide bonds. The predicted octanol–water partition coefficient (Wildman–Crippen LogP) is 17.1. The minimum Gasteiger partial charge on any atom is -0.309 e. The maximum atomic E-state index is 5.05. The zero-order valence-electron chi connectivity index (χ0n) is 36.8.